The van der Waals surface area contributed by atoms with Crippen LogP contribution in [0.2, 0.25) is 0 Å². The van der Waals surface area contributed by atoms with Gasteiger partial charge in [0.05, 0.1) is 5.57 Å². The minimum Gasteiger partial charge on any atom is -0.478 e. The maximum absolute atomic E-state index is 10.5. The Morgan fingerprint density at radius 1 is 1.33 bits per heavy atom. The van der Waals surface area contributed by atoms with Crippen molar-refractivity contribution in [1.82, 2.24) is 0 Å². The molecule has 5 heteroatoms. The van der Waals surface area contributed by atoms with Crippen LogP contribution in [-0.4, -0.2) is 28.0 Å². The molecule has 1 unspecified atom stereocenters. The smallest absolute Gasteiger partial charge is 0.342 e. The normalized spacial score (nSPS) is 21.5. The highest BCUT2D eigenvalue weighted by molar-refractivity contribution is 8.21. The van der Waals surface area contributed by atoms with E-state index in [0.717, 1.165) is 0 Å². The van der Waals surface area contributed by atoms with Gasteiger partial charge in [-0.1, -0.05) is 5.87 Å². The third-order valence-corrected chi connectivity index (χ3v) is 2.71. The molecule has 0 radical (unpaired) electrons. The maximum atomic E-state index is 10.5. The molecule has 12 heavy (non-hydrogen) atoms. The minimum atomic E-state index is -1.22. The van der Waals surface area contributed by atoms with Crippen molar-refractivity contribution in [3.05, 3.63) is 22.0 Å². The van der Waals surface area contributed by atoms with Crippen molar-refractivity contribution in [3.8, 4) is 0 Å². The molecule has 0 saturated heterocycles. The first-order valence-electron chi connectivity index (χ1n) is 2.96. The molecule has 4 nitrogen and oxygen atoms in total. The molecule has 1 atom stereocenters. The van der Waals surface area contributed by atoms with Gasteiger partial charge in [0, 0.05) is 0 Å². The summed E-state index contributed by atoms with van der Waals surface area (Å²) in [7, 11) is -0.823. The lowest BCUT2D eigenvalue weighted by Gasteiger charge is -1.98. The molecule has 0 aromatic heterocycles. The number of carbonyl (C=O) groups is 2. The zero-order chi connectivity index (χ0) is 9.30. The van der Waals surface area contributed by atoms with Gasteiger partial charge in [-0.15, -0.1) is 10.5 Å². The van der Waals surface area contributed by atoms with Crippen LogP contribution in [0.3, 0.4) is 0 Å². The lowest BCUT2D eigenvalue weighted by Crippen LogP contribution is -2.05. The molecule has 0 bridgehead atoms. The summed E-state index contributed by atoms with van der Waals surface area (Å²) in [5.74, 6) is 1.08. The molecule has 1 rings (SSSR count). The Kier molecular flexibility index (Phi) is 2.14. The summed E-state index contributed by atoms with van der Waals surface area (Å²) >= 11 is 0. The van der Waals surface area contributed by atoms with Gasteiger partial charge in [-0.05, 0) is 11.5 Å². The van der Waals surface area contributed by atoms with Gasteiger partial charge in [0.2, 0.25) is 0 Å². The molecule has 1 heterocycles. The van der Waals surface area contributed by atoms with E-state index in [1.807, 2.05) is 0 Å². The van der Waals surface area contributed by atoms with Crippen LogP contribution in [-0.2, 0) is 9.59 Å². The lowest BCUT2D eigenvalue weighted by molar-refractivity contribution is -0.135. The standard InChI is InChI=1S/C7H6O4S/c1-12-3-2-4(6(8)9)5(12)7(10)11/h2-3H,1H2,(H,8,9)(H,10,11). The van der Waals surface area contributed by atoms with Gasteiger partial charge in [-0.25, -0.2) is 9.59 Å². The summed E-state index contributed by atoms with van der Waals surface area (Å²) in [4.78, 5) is 20.9. The Bertz CT molecular complexity index is 321. The van der Waals surface area contributed by atoms with Gasteiger partial charge in [-0.3, -0.25) is 0 Å². The number of hydrogen-bond acceptors (Lipinski definition) is 2. The number of rotatable bonds is 2. The molecule has 0 saturated carbocycles. The van der Waals surface area contributed by atoms with Crippen LogP contribution in [0.25, 0.3) is 0 Å². The van der Waals surface area contributed by atoms with E-state index in [-0.39, 0.29) is 10.5 Å². The number of aliphatic carboxylic acids is 2. The summed E-state index contributed by atoms with van der Waals surface area (Å²) in [6.07, 6.45) is 1.28. The van der Waals surface area contributed by atoms with Gasteiger partial charge < -0.3 is 10.2 Å². The molecule has 0 aromatic rings. The fourth-order valence-corrected chi connectivity index (χ4v) is 1.93. The predicted octanol–water partition coefficient (Wildman–Crippen LogP) is 0.638. The molecule has 1 aliphatic rings. The average molecular weight is 186 g/mol. The van der Waals surface area contributed by atoms with Gasteiger partial charge in [-0.2, -0.15) is 0 Å². The van der Waals surface area contributed by atoms with E-state index in [1.165, 1.54) is 11.5 Å². The maximum Gasteiger partial charge on any atom is 0.342 e. The highest BCUT2D eigenvalue weighted by Gasteiger charge is 2.23. The van der Waals surface area contributed by atoms with Gasteiger partial charge >= 0.3 is 11.9 Å². The molecule has 0 fully saturated rings. The van der Waals surface area contributed by atoms with E-state index in [4.69, 9.17) is 10.2 Å². The molecule has 2 N–H and O–H groups in total. The summed E-state index contributed by atoms with van der Waals surface area (Å²) in [5.41, 5.74) is -0.166. The Hall–Kier alpha value is -1.36. The zero-order valence-corrected chi connectivity index (χ0v) is 6.80. The molecular formula is C7H6O4S. The Morgan fingerprint density at radius 2 is 1.92 bits per heavy atom. The topological polar surface area (TPSA) is 74.6 Å². The molecule has 0 spiro atoms. The van der Waals surface area contributed by atoms with Crippen LogP contribution < -0.4 is 0 Å². The highest BCUT2D eigenvalue weighted by atomic mass is 32.2. The van der Waals surface area contributed by atoms with Crippen molar-refractivity contribution >= 4 is 28.3 Å². The monoisotopic (exact) mass is 186 g/mol. The van der Waals surface area contributed by atoms with Crippen LogP contribution >= 0.6 is 10.5 Å². The second kappa shape index (κ2) is 2.94. The number of hydrogen-bond donors (Lipinski definition) is 2. The Labute approximate surface area is 70.8 Å². The first kappa shape index (κ1) is 8.73. The van der Waals surface area contributed by atoms with Crippen molar-refractivity contribution in [1.29, 1.82) is 0 Å². The Morgan fingerprint density at radius 3 is 2.25 bits per heavy atom. The first-order chi connectivity index (χ1) is 5.54. The van der Waals surface area contributed by atoms with E-state index < -0.39 is 22.4 Å². The van der Waals surface area contributed by atoms with Gasteiger partial charge in [0.15, 0.2) is 0 Å². The molecule has 0 amide bonds. The van der Waals surface area contributed by atoms with Crippen molar-refractivity contribution in [2.24, 2.45) is 0 Å². The van der Waals surface area contributed by atoms with Crippen molar-refractivity contribution < 1.29 is 19.8 Å². The fourth-order valence-electron chi connectivity index (χ4n) is 0.831. The van der Waals surface area contributed by atoms with Crippen LogP contribution in [0.4, 0.5) is 0 Å². The van der Waals surface area contributed by atoms with E-state index in [2.05, 4.69) is 5.87 Å². The second-order valence-electron chi connectivity index (χ2n) is 2.08. The van der Waals surface area contributed by atoms with Crippen molar-refractivity contribution in [2.75, 3.05) is 0 Å². The van der Waals surface area contributed by atoms with E-state index in [9.17, 15) is 9.59 Å². The van der Waals surface area contributed by atoms with Crippen LogP contribution in [0.1, 0.15) is 0 Å². The quantitative estimate of drug-likeness (QED) is 0.620. The molecule has 0 aliphatic carbocycles. The van der Waals surface area contributed by atoms with Crippen LogP contribution in [0.15, 0.2) is 22.0 Å². The molecular weight excluding hydrogens is 180 g/mol. The van der Waals surface area contributed by atoms with Gasteiger partial charge in [0.1, 0.15) is 4.91 Å². The van der Waals surface area contributed by atoms with E-state index >= 15 is 0 Å². The summed E-state index contributed by atoms with van der Waals surface area (Å²) in [5, 5.41) is 18.6. The predicted molar refractivity (Wildman–Crippen MR) is 46.1 cm³/mol. The zero-order valence-electron chi connectivity index (χ0n) is 5.98. The van der Waals surface area contributed by atoms with Crippen LogP contribution in [0.5, 0.6) is 0 Å². The summed E-state index contributed by atoms with van der Waals surface area (Å²) in [6, 6.07) is 0. The second-order valence-corrected chi connectivity index (χ2v) is 3.62. The van der Waals surface area contributed by atoms with E-state index in [1.54, 1.807) is 0 Å². The lowest BCUT2D eigenvalue weighted by atomic mass is 10.2. The largest absolute Gasteiger partial charge is 0.478 e. The fraction of sp³-hybridized carbons (Fsp3) is 0. The average Bonchev–Trinajstić information content (AvgIpc) is 2.30. The van der Waals surface area contributed by atoms with Crippen LogP contribution in [0, 0.1) is 0 Å². The van der Waals surface area contributed by atoms with Crippen molar-refractivity contribution in [2.45, 2.75) is 0 Å². The summed E-state index contributed by atoms with van der Waals surface area (Å²) < 4.78 is 0. The van der Waals surface area contributed by atoms with E-state index in [0.29, 0.717) is 0 Å². The number of carboxylic acid groups (broad SMARTS) is 2. The molecule has 64 valence electrons. The molecule has 1 aliphatic heterocycles. The number of carboxylic acids is 2. The Balaban J connectivity index is 3.22. The summed E-state index contributed by atoms with van der Waals surface area (Å²) in [6.45, 7) is 0. The minimum absolute atomic E-state index is 0.123. The highest BCUT2D eigenvalue weighted by Crippen LogP contribution is 2.34. The third-order valence-electron chi connectivity index (χ3n) is 1.33. The first-order valence-corrected chi connectivity index (χ1v) is 4.41. The third kappa shape index (κ3) is 1.31. The SMILES string of the molecule is C=S1C=CC(C(=O)O)=C1C(=O)O. The van der Waals surface area contributed by atoms with Gasteiger partial charge in [0.25, 0.3) is 0 Å². The molecule has 0 aromatic carbocycles. The van der Waals surface area contributed by atoms with Crippen molar-refractivity contribution in [3.63, 3.8) is 0 Å².